The molecule has 3 saturated carbocycles. The summed E-state index contributed by atoms with van der Waals surface area (Å²) in [6.07, 6.45) is 1.87. The maximum absolute atomic E-state index is 12.0. The molecule has 3 fully saturated rings. The van der Waals surface area contributed by atoms with Crippen LogP contribution in [0.4, 0.5) is 13.2 Å². The highest BCUT2D eigenvalue weighted by Crippen LogP contribution is 2.58. The van der Waals surface area contributed by atoms with Gasteiger partial charge in [-0.05, 0) is 49.4 Å². The van der Waals surface area contributed by atoms with Crippen LogP contribution in [0, 0.1) is 23.7 Å². The number of hydrogen-bond donors (Lipinski definition) is 2. The second-order valence-corrected chi connectivity index (χ2v) is 6.55. The van der Waals surface area contributed by atoms with Gasteiger partial charge >= 0.3 is 6.18 Å². The molecule has 0 aromatic rings. The van der Waals surface area contributed by atoms with E-state index in [1.165, 1.54) is 25.7 Å². The highest BCUT2D eigenvalue weighted by molar-refractivity contribution is 5.78. The molecule has 20 heavy (non-hydrogen) atoms. The standard InChI is InChI=1S/C14H21F3N2O/c15-14(16,17)7-18-6-13(20)19-12-5-8-4-11(12)10-3-1-2-9(8)10/h8-12,18H,1-7H2,(H,19,20). The molecule has 114 valence electrons. The SMILES string of the molecule is O=C(CNCC(F)(F)F)NC1CC2CC1C1CCCC21. The Balaban J connectivity index is 1.44. The van der Waals surface area contributed by atoms with Crippen molar-refractivity contribution in [2.24, 2.45) is 23.7 Å². The van der Waals surface area contributed by atoms with Crippen LogP contribution >= 0.6 is 0 Å². The predicted molar refractivity (Wildman–Crippen MR) is 67.9 cm³/mol. The van der Waals surface area contributed by atoms with Gasteiger partial charge in [0.25, 0.3) is 0 Å². The van der Waals surface area contributed by atoms with E-state index in [4.69, 9.17) is 0 Å². The molecule has 6 heteroatoms. The molecule has 5 unspecified atom stereocenters. The third kappa shape index (κ3) is 2.80. The second-order valence-electron chi connectivity index (χ2n) is 6.55. The van der Waals surface area contributed by atoms with Crippen molar-refractivity contribution in [1.29, 1.82) is 0 Å². The quantitative estimate of drug-likeness (QED) is 0.832. The maximum atomic E-state index is 12.0. The number of nitrogens with one attached hydrogen (secondary N) is 2. The first kappa shape index (κ1) is 14.2. The Hall–Kier alpha value is -0.780. The van der Waals surface area contributed by atoms with E-state index in [0.29, 0.717) is 5.92 Å². The summed E-state index contributed by atoms with van der Waals surface area (Å²) in [5, 5.41) is 5.09. The Morgan fingerprint density at radius 1 is 1.10 bits per heavy atom. The van der Waals surface area contributed by atoms with Gasteiger partial charge in [0.15, 0.2) is 0 Å². The number of rotatable bonds is 4. The van der Waals surface area contributed by atoms with E-state index >= 15 is 0 Å². The molecule has 0 heterocycles. The molecular formula is C14H21F3N2O. The van der Waals surface area contributed by atoms with E-state index in [1.54, 1.807) is 0 Å². The van der Waals surface area contributed by atoms with Crippen LogP contribution < -0.4 is 10.6 Å². The summed E-state index contributed by atoms with van der Waals surface area (Å²) >= 11 is 0. The van der Waals surface area contributed by atoms with Crippen LogP contribution in [0.5, 0.6) is 0 Å². The summed E-state index contributed by atoms with van der Waals surface area (Å²) in [6.45, 7) is -1.36. The molecule has 0 saturated heterocycles. The van der Waals surface area contributed by atoms with E-state index in [1.807, 2.05) is 0 Å². The molecule has 2 bridgehead atoms. The largest absolute Gasteiger partial charge is 0.401 e. The molecule has 0 aliphatic heterocycles. The zero-order chi connectivity index (χ0) is 14.3. The van der Waals surface area contributed by atoms with Gasteiger partial charge < -0.3 is 10.6 Å². The minimum atomic E-state index is -4.26. The zero-order valence-corrected chi connectivity index (χ0v) is 11.4. The summed E-state index contributed by atoms with van der Waals surface area (Å²) in [5.41, 5.74) is 0. The van der Waals surface area contributed by atoms with Crippen LogP contribution in [0.3, 0.4) is 0 Å². The van der Waals surface area contributed by atoms with Gasteiger partial charge in [-0.3, -0.25) is 4.79 Å². The molecule has 3 rings (SSSR count). The molecule has 0 aromatic carbocycles. The van der Waals surface area contributed by atoms with E-state index < -0.39 is 12.7 Å². The average molecular weight is 290 g/mol. The minimum absolute atomic E-state index is 0.194. The summed E-state index contributed by atoms with van der Waals surface area (Å²) in [5.74, 6) is 2.61. The van der Waals surface area contributed by atoms with Crippen molar-refractivity contribution in [3.63, 3.8) is 0 Å². The Morgan fingerprint density at radius 3 is 2.60 bits per heavy atom. The van der Waals surface area contributed by atoms with Crippen molar-refractivity contribution in [3.05, 3.63) is 0 Å². The summed E-state index contributed by atoms with van der Waals surface area (Å²) in [6, 6.07) is 0.194. The lowest BCUT2D eigenvalue weighted by Crippen LogP contribution is -2.46. The van der Waals surface area contributed by atoms with Gasteiger partial charge in [0.1, 0.15) is 0 Å². The highest BCUT2D eigenvalue weighted by Gasteiger charge is 2.53. The first-order valence-corrected chi connectivity index (χ1v) is 7.51. The van der Waals surface area contributed by atoms with Gasteiger partial charge in [-0.1, -0.05) is 6.42 Å². The van der Waals surface area contributed by atoms with E-state index in [-0.39, 0.29) is 18.5 Å². The summed E-state index contributed by atoms with van der Waals surface area (Å²) in [4.78, 5) is 11.7. The fourth-order valence-corrected chi connectivity index (χ4v) is 4.81. The van der Waals surface area contributed by atoms with Crippen LogP contribution in [-0.2, 0) is 4.79 Å². The average Bonchev–Trinajstić information content (AvgIpc) is 2.97. The second kappa shape index (κ2) is 5.20. The fourth-order valence-electron chi connectivity index (χ4n) is 4.81. The molecule has 3 nitrogen and oxygen atoms in total. The third-order valence-electron chi connectivity index (χ3n) is 5.39. The van der Waals surface area contributed by atoms with Crippen molar-refractivity contribution < 1.29 is 18.0 Å². The molecule has 0 aromatic heterocycles. The van der Waals surface area contributed by atoms with Crippen LogP contribution in [0.2, 0.25) is 0 Å². The lowest BCUT2D eigenvalue weighted by Gasteiger charge is -2.32. The van der Waals surface area contributed by atoms with E-state index in [9.17, 15) is 18.0 Å². The van der Waals surface area contributed by atoms with Gasteiger partial charge in [0, 0.05) is 6.04 Å². The Labute approximate surface area is 116 Å². The number of carbonyl (C=O) groups is 1. The minimum Gasteiger partial charge on any atom is -0.352 e. The maximum Gasteiger partial charge on any atom is 0.401 e. The summed E-state index contributed by atoms with van der Waals surface area (Å²) < 4.78 is 36.0. The van der Waals surface area contributed by atoms with Crippen molar-refractivity contribution in [1.82, 2.24) is 10.6 Å². The molecule has 1 amide bonds. The molecule has 5 atom stereocenters. The normalized spacial score (nSPS) is 39.0. The molecule has 0 radical (unpaired) electrons. The van der Waals surface area contributed by atoms with Gasteiger partial charge in [-0.25, -0.2) is 0 Å². The molecule has 0 spiro atoms. The first-order chi connectivity index (χ1) is 9.44. The van der Waals surface area contributed by atoms with Crippen LogP contribution in [-0.4, -0.2) is 31.2 Å². The van der Waals surface area contributed by atoms with Crippen molar-refractivity contribution in [2.75, 3.05) is 13.1 Å². The monoisotopic (exact) mass is 290 g/mol. The van der Waals surface area contributed by atoms with Crippen LogP contribution in [0.15, 0.2) is 0 Å². The Kier molecular flexibility index (Phi) is 3.69. The summed E-state index contributed by atoms with van der Waals surface area (Å²) in [7, 11) is 0. The molecular weight excluding hydrogens is 269 g/mol. The lowest BCUT2D eigenvalue weighted by atomic mass is 9.79. The molecule has 2 N–H and O–H groups in total. The zero-order valence-electron chi connectivity index (χ0n) is 11.4. The smallest absolute Gasteiger partial charge is 0.352 e. The van der Waals surface area contributed by atoms with Gasteiger partial charge in [-0.2, -0.15) is 13.2 Å². The van der Waals surface area contributed by atoms with Gasteiger partial charge in [-0.15, -0.1) is 0 Å². The lowest BCUT2D eigenvalue weighted by molar-refractivity contribution is -0.128. The molecule has 3 aliphatic rings. The number of carbonyl (C=O) groups excluding carboxylic acids is 1. The van der Waals surface area contributed by atoms with Crippen LogP contribution in [0.1, 0.15) is 32.1 Å². The number of halogens is 3. The molecule has 3 aliphatic carbocycles. The number of alkyl halides is 3. The Bertz CT molecular complexity index is 385. The third-order valence-corrected chi connectivity index (χ3v) is 5.39. The topological polar surface area (TPSA) is 41.1 Å². The fraction of sp³-hybridized carbons (Fsp3) is 0.929. The highest BCUT2D eigenvalue weighted by atomic mass is 19.4. The van der Waals surface area contributed by atoms with E-state index in [0.717, 1.165) is 24.2 Å². The van der Waals surface area contributed by atoms with Gasteiger partial charge in [0.2, 0.25) is 5.91 Å². The predicted octanol–water partition coefficient (Wildman–Crippen LogP) is 2.08. The van der Waals surface area contributed by atoms with Crippen LogP contribution in [0.25, 0.3) is 0 Å². The Morgan fingerprint density at radius 2 is 1.85 bits per heavy atom. The van der Waals surface area contributed by atoms with E-state index in [2.05, 4.69) is 10.6 Å². The number of amides is 1. The van der Waals surface area contributed by atoms with Crippen molar-refractivity contribution in [2.45, 2.75) is 44.3 Å². The van der Waals surface area contributed by atoms with Crippen molar-refractivity contribution >= 4 is 5.91 Å². The number of fused-ring (bicyclic) bond motifs is 5. The van der Waals surface area contributed by atoms with Crippen molar-refractivity contribution in [3.8, 4) is 0 Å². The van der Waals surface area contributed by atoms with Gasteiger partial charge in [0.05, 0.1) is 13.1 Å². The first-order valence-electron chi connectivity index (χ1n) is 7.51. The number of hydrogen-bond acceptors (Lipinski definition) is 2.